The highest BCUT2D eigenvalue weighted by molar-refractivity contribution is 5.13. The highest BCUT2D eigenvalue weighted by Gasteiger charge is 2.35. The molecule has 0 spiro atoms. The molecule has 1 aliphatic carbocycles. The zero-order valence-corrected chi connectivity index (χ0v) is 11.5. The van der Waals surface area contributed by atoms with E-state index in [1.807, 2.05) is 18.7 Å². The van der Waals surface area contributed by atoms with E-state index < -0.39 is 0 Å². The Bertz CT molecular complexity index is 384. The Morgan fingerprint density at radius 2 is 2.00 bits per heavy atom. The summed E-state index contributed by atoms with van der Waals surface area (Å²) in [5.74, 6) is 1.50. The predicted octanol–water partition coefficient (Wildman–Crippen LogP) is 2.42. The summed E-state index contributed by atoms with van der Waals surface area (Å²) in [5.41, 5.74) is 8.93. The Kier molecular flexibility index (Phi) is 3.30. The van der Waals surface area contributed by atoms with Crippen LogP contribution < -0.4 is 5.73 Å². The zero-order chi connectivity index (χ0) is 12.6. The lowest BCUT2D eigenvalue weighted by Gasteiger charge is -2.40. The first-order valence-electron chi connectivity index (χ1n) is 6.66. The van der Waals surface area contributed by atoms with E-state index in [0.717, 1.165) is 36.8 Å². The maximum atomic E-state index is 6.61. The molecule has 0 saturated heterocycles. The largest absolute Gasteiger partial charge is 0.325 e. The molecule has 2 N–H and O–H groups in total. The van der Waals surface area contributed by atoms with Crippen LogP contribution in [0.2, 0.25) is 0 Å². The molecular formula is C14H25N3. The third-order valence-electron chi connectivity index (χ3n) is 3.95. The third-order valence-corrected chi connectivity index (χ3v) is 3.95. The molecule has 2 rings (SSSR count). The first-order chi connectivity index (χ1) is 7.88. The van der Waals surface area contributed by atoms with Crippen molar-refractivity contribution in [1.82, 2.24) is 9.78 Å². The lowest BCUT2D eigenvalue weighted by molar-refractivity contribution is 0.180. The summed E-state index contributed by atoms with van der Waals surface area (Å²) in [7, 11) is 2.02. The molecule has 1 heterocycles. The minimum Gasteiger partial charge on any atom is -0.325 e. The van der Waals surface area contributed by atoms with Crippen LogP contribution in [0, 0.1) is 18.8 Å². The van der Waals surface area contributed by atoms with Crippen molar-refractivity contribution in [1.29, 1.82) is 0 Å². The van der Waals surface area contributed by atoms with Crippen LogP contribution in [0.1, 0.15) is 44.5 Å². The second-order valence-electron chi connectivity index (χ2n) is 6.29. The van der Waals surface area contributed by atoms with E-state index >= 15 is 0 Å². The van der Waals surface area contributed by atoms with Gasteiger partial charge in [-0.05, 0) is 44.1 Å². The SMILES string of the molecule is Cc1cc(CC2(N)CC(C)CC(C)C2)n(C)n1. The minimum absolute atomic E-state index is 0.0304. The van der Waals surface area contributed by atoms with Gasteiger partial charge in [-0.3, -0.25) is 4.68 Å². The van der Waals surface area contributed by atoms with Gasteiger partial charge in [-0.2, -0.15) is 5.10 Å². The van der Waals surface area contributed by atoms with Gasteiger partial charge in [0, 0.05) is 24.7 Å². The van der Waals surface area contributed by atoms with E-state index in [9.17, 15) is 0 Å². The van der Waals surface area contributed by atoms with Crippen LogP contribution >= 0.6 is 0 Å². The van der Waals surface area contributed by atoms with Crippen molar-refractivity contribution in [2.75, 3.05) is 0 Å². The van der Waals surface area contributed by atoms with Crippen LogP contribution in [0.3, 0.4) is 0 Å². The van der Waals surface area contributed by atoms with Gasteiger partial charge in [0.15, 0.2) is 0 Å². The second-order valence-corrected chi connectivity index (χ2v) is 6.29. The number of hydrogen-bond donors (Lipinski definition) is 1. The van der Waals surface area contributed by atoms with Gasteiger partial charge >= 0.3 is 0 Å². The van der Waals surface area contributed by atoms with Gasteiger partial charge in [0.1, 0.15) is 0 Å². The van der Waals surface area contributed by atoms with Gasteiger partial charge < -0.3 is 5.73 Å². The topological polar surface area (TPSA) is 43.8 Å². The summed E-state index contributed by atoms with van der Waals surface area (Å²) in [4.78, 5) is 0. The maximum Gasteiger partial charge on any atom is 0.0596 e. The van der Waals surface area contributed by atoms with Gasteiger partial charge in [0.25, 0.3) is 0 Å². The predicted molar refractivity (Wildman–Crippen MR) is 70.7 cm³/mol. The van der Waals surface area contributed by atoms with Crippen LogP contribution in [0.5, 0.6) is 0 Å². The van der Waals surface area contributed by atoms with Crippen LogP contribution in [-0.2, 0) is 13.5 Å². The molecule has 2 unspecified atom stereocenters. The number of nitrogens with zero attached hydrogens (tertiary/aromatic N) is 2. The van der Waals surface area contributed by atoms with Gasteiger partial charge in [-0.25, -0.2) is 0 Å². The van der Waals surface area contributed by atoms with Gasteiger partial charge in [-0.15, -0.1) is 0 Å². The summed E-state index contributed by atoms with van der Waals surface area (Å²) in [6.45, 7) is 6.69. The normalized spacial score (nSPS) is 33.9. The summed E-state index contributed by atoms with van der Waals surface area (Å²) in [6.07, 6.45) is 4.56. The number of hydrogen-bond acceptors (Lipinski definition) is 2. The van der Waals surface area contributed by atoms with E-state index in [4.69, 9.17) is 5.73 Å². The average molecular weight is 235 g/mol. The maximum absolute atomic E-state index is 6.61. The Labute approximate surface area is 104 Å². The highest BCUT2D eigenvalue weighted by atomic mass is 15.3. The van der Waals surface area contributed by atoms with Crippen molar-refractivity contribution < 1.29 is 0 Å². The minimum atomic E-state index is -0.0304. The third kappa shape index (κ3) is 2.89. The van der Waals surface area contributed by atoms with E-state index in [1.165, 1.54) is 12.1 Å². The van der Waals surface area contributed by atoms with Crippen molar-refractivity contribution in [3.05, 3.63) is 17.5 Å². The zero-order valence-electron chi connectivity index (χ0n) is 11.5. The number of aryl methyl sites for hydroxylation is 2. The molecule has 0 aliphatic heterocycles. The molecule has 1 saturated carbocycles. The fraction of sp³-hybridized carbons (Fsp3) is 0.786. The standard InChI is InChI=1S/C14H25N3/c1-10-5-11(2)8-14(15,7-10)9-13-6-12(3)16-17(13)4/h6,10-11H,5,7-9,15H2,1-4H3. The van der Waals surface area contributed by atoms with E-state index in [-0.39, 0.29) is 5.54 Å². The molecule has 1 aliphatic rings. The van der Waals surface area contributed by atoms with Gasteiger partial charge in [-0.1, -0.05) is 13.8 Å². The van der Waals surface area contributed by atoms with Crippen molar-refractivity contribution in [2.24, 2.45) is 24.6 Å². The Morgan fingerprint density at radius 3 is 2.47 bits per heavy atom. The molecule has 3 heteroatoms. The monoisotopic (exact) mass is 235 g/mol. The molecular weight excluding hydrogens is 210 g/mol. The van der Waals surface area contributed by atoms with E-state index in [1.54, 1.807) is 0 Å². The molecule has 1 aromatic heterocycles. The van der Waals surface area contributed by atoms with Gasteiger partial charge in [0.05, 0.1) is 5.69 Å². The van der Waals surface area contributed by atoms with Crippen molar-refractivity contribution >= 4 is 0 Å². The molecule has 96 valence electrons. The Balaban J connectivity index is 2.13. The smallest absolute Gasteiger partial charge is 0.0596 e. The highest BCUT2D eigenvalue weighted by Crippen LogP contribution is 2.36. The van der Waals surface area contributed by atoms with Crippen LogP contribution in [-0.4, -0.2) is 15.3 Å². The second kappa shape index (κ2) is 4.45. The summed E-state index contributed by atoms with van der Waals surface area (Å²) >= 11 is 0. The quantitative estimate of drug-likeness (QED) is 0.855. The van der Waals surface area contributed by atoms with E-state index in [2.05, 4.69) is 25.0 Å². The molecule has 0 amide bonds. The molecule has 3 nitrogen and oxygen atoms in total. The van der Waals surface area contributed by atoms with Crippen LogP contribution in [0.4, 0.5) is 0 Å². The van der Waals surface area contributed by atoms with Crippen LogP contribution in [0.15, 0.2) is 6.07 Å². The molecule has 0 bridgehead atoms. The average Bonchev–Trinajstić information content (AvgIpc) is 2.41. The van der Waals surface area contributed by atoms with Crippen molar-refractivity contribution in [3.63, 3.8) is 0 Å². The van der Waals surface area contributed by atoms with Gasteiger partial charge in [0.2, 0.25) is 0 Å². The Morgan fingerprint density at radius 1 is 1.41 bits per heavy atom. The number of aromatic nitrogens is 2. The summed E-state index contributed by atoms with van der Waals surface area (Å²) in [6, 6.07) is 2.17. The van der Waals surface area contributed by atoms with Crippen molar-refractivity contribution in [2.45, 2.75) is 52.0 Å². The summed E-state index contributed by atoms with van der Waals surface area (Å²) in [5, 5.41) is 4.41. The molecule has 2 atom stereocenters. The van der Waals surface area contributed by atoms with Crippen molar-refractivity contribution in [3.8, 4) is 0 Å². The lowest BCUT2D eigenvalue weighted by atomic mass is 9.70. The first-order valence-corrected chi connectivity index (χ1v) is 6.66. The fourth-order valence-corrected chi connectivity index (χ4v) is 3.66. The fourth-order valence-electron chi connectivity index (χ4n) is 3.66. The first kappa shape index (κ1) is 12.6. The summed E-state index contributed by atoms with van der Waals surface area (Å²) < 4.78 is 1.98. The van der Waals surface area contributed by atoms with E-state index in [0.29, 0.717) is 0 Å². The Hall–Kier alpha value is -0.830. The molecule has 1 aromatic rings. The molecule has 1 fully saturated rings. The number of nitrogens with two attached hydrogens (primary N) is 1. The molecule has 0 aromatic carbocycles. The number of rotatable bonds is 2. The molecule has 0 radical (unpaired) electrons. The molecule has 17 heavy (non-hydrogen) atoms. The van der Waals surface area contributed by atoms with Crippen LogP contribution in [0.25, 0.3) is 0 Å². The lowest BCUT2D eigenvalue weighted by Crippen LogP contribution is -2.48.